The van der Waals surface area contributed by atoms with E-state index < -0.39 is 19.6 Å². The molecule has 0 fully saturated rings. The van der Waals surface area contributed by atoms with E-state index in [1.54, 1.807) is 49.5 Å². The normalized spacial score (nSPS) is 11.2. The van der Waals surface area contributed by atoms with Gasteiger partial charge in [-0.3, -0.25) is 4.99 Å². The number of halogens is 5. The molecule has 0 atom stereocenters. The molecule has 0 aliphatic rings. The summed E-state index contributed by atoms with van der Waals surface area (Å²) in [5.74, 6) is 0.871. The zero-order valence-corrected chi connectivity index (χ0v) is 17.9. The molecule has 2 N–H and O–H groups in total. The van der Waals surface area contributed by atoms with E-state index in [1.807, 2.05) is 0 Å². The maximum atomic E-state index is 12.5. The second-order valence-corrected chi connectivity index (χ2v) is 5.62. The Balaban J connectivity index is 0.00000420. The van der Waals surface area contributed by atoms with E-state index >= 15 is 0 Å². The highest BCUT2D eigenvalue weighted by Crippen LogP contribution is 2.20. The molecule has 2 aromatic carbocycles. The average molecular weight is 527 g/mol. The van der Waals surface area contributed by atoms with Crippen molar-refractivity contribution < 1.29 is 27.0 Å². The van der Waals surface area contributed by atoms with E-state index in [1.165, 1.54) is 6.07 Å². The molecule has 5 nitrogen and oxygen atoms in total. The first-order chi connectivity index (χ1) is 13.5. The molecule has 0 spiro atoms. The van der Waals surface area contributed by atoms with Crippen molar-refractivity contribution in [1.82, 2.24) is 10.6 Å². The maximum Gasteiger partial charge on any atom is 0.387 e. The lowest BCUT2D eigenvalue weighted by Gasteiger charge is -2.15. The molecular weight excluding hydrogens is 505 g/mol. The predicted octanol–water partition coefficient (Wildman–Crippen LogP) is 4.42. The third kappa shape index (κ3) is 9.20. The molecule has 0 amide bonds. The fourth-order valence-electron chi connectivity index (χ4n) is 2.35. The second-order valence-electron chi connectivity index (χ2n) is 5.62. The molecule has 2 aromatic rings. The number of hydrogen-bond donors (Lipinski definition) is 2. The first-order valence-electron chi connectivity index (χ1n) is 8.45. The standard InChI is InChI=1S/C19H21F4N3O2.HI/c1-24-19(26-11-14-6-2-3-8-16(14)28-18(22)23)25-10-13-5-4-7-15(9-13)27-12-17(20)21;/h2-9,17-18H,10-12H2,1H3,(H2,24,25,26);1H. The molecule has 0 aromatic heterocycles. The minimum Gasteiger partial charge on any atom is -0.488 e. The molecule has 0 aliphatic carbocycles. The second kappa shape index (κ2) is 13.1. The topological polar surface area (TPSA) is 54.9 Å². The van der Waals surface area contributed by atoms with Crippen LogP contribution in [0.15, 0.2) is 53.5 Å². The molecule has 0 saturated carbocycles. The summed E-state index contributed by atoms with van der Waals surface area (Å²) in [6, 6.07) is 13.2. The van der Waals surface area contributed by atoms with Gasteiger partial charge >= 0.3 is 6.61 Å². The van der Waals surface area contributed by atoms with Crippen LogP contribution in [0.4, 0.5) is 17.6 Å². The highest BCUT2D eigenvalue weighted by molar-refractivity contribution is 14.0. The number of rotatable bonds is 9. The fourth-order valence-corrected chi connectivity index (χ4v) is 2.35. The van der Waals surface area contributed by atoms with Crippen molar-refractivity contribution in [2.75, 3.05) is 13.7 Å². The Morgan fingerprint density at radius 1 is 1.00 bits per heavy atom. The van der Waals surface area contributed by atoms with Crippen LogP contribution in [0.25, 0.3) is 0 Å². The van der Waals surface area contributed by atoms with Crippen molar-refractivity contribution in [3.63, 3.8) is 0 Å². The predicted molar refractivity (Wildman–Crippen MR) is 113 cm³/mol. The van der Waals surface area contributed by atoms with Crippen LogP contribution >= 0.6 is 24.0 Å². The van der Waals surface area contributed by atoms with Crippen LogP contribution in [-0.2, 0) is 13.1 Å². The highest BCUT2D eigenvalue weighted by Gasteiger charge is 2.10. The monoisotopic (exact) mass is 527 g/mol. The zero-order chi connectivity index (χ0) is 20.4. The minimum absolute atomic E-state index is 0. The van der Waals surface area contributed by atoms with Gasteiger partial charge in [-0.25, -0.2) is 8.78 Å². The Morgan fingerprint density at radius 3 is 2.41 bits per heavy atom. The third-order valence-electron chi connectivity index (χ3n) is 3.59. The molecule has 0 radical (unpaired) electrons. The van der Waals surface area contributed by atoms with Gasteiger partial charge in [-0.2, -0.15) is 8.78 Å². The smallest absolute Gasteiger partial charge is 0.387 e. The molecule has 0 heterocycles. The van der Waals surface area contributed by atoms with E-state index in [-0.39, 0.29) is 36.3 Å². The van der Waals surface area contributed by atoms with E-state index in [4.69, 9.17) is 4.74 Å². The van der Waals surface area contributed by atoms with Crippen molar-refractivity contribution in [2.45, 2.75) is 26.1 Å². The Bertz CT molecular complexity index is 779. The number of aliphatic imine (C=N–C) groups is 1. The van der Waals surface area contributed by atoms with Gasteiger partial charge in [0.2, 0.25) is 0 Å². The van der Waals surface area contributed by atoms with Gasteiger partial charge in [0.15, 0.2) is 5.96 Å². The lowest BCUT2D eigenvalue weighted by atomic mass is 10.2. The van der Waals surface area contributed by atoms with Gasteiger partial charge in [0.05, 0.1) is 0 Å². The molecule has 29 heavy (non-hydrogen) atoms. The highest BCUT2D eigenvalue weighted by atomic mass is 127. The molecule has 2 rings (SSSR count). The van der Waals surface area contributed by atoms with Gasteiger partial charge in [0, 0.05) is 25.7 Å². The number of alkyl halides is 4. The van der Waals surface area contributed by atoms with Gasteiger partial charge in [0.1, 0.15) is 18.1 Å². The SMILES string of the molecule is CN=C(NCc1cccc(OCC(F)F)c1)NCc1ccccc1OC(F)F.I. The van der Waals surface area contributed by atoms with E-state index in [0.717, 1.165) is 5.56 Å². The van der Waals surface area contributed by atoms with Gasteiger partial charge < -0.3 is 20.1 Å². The first-order valence-corrected chi connectivity index (χ1v) is 8.45. The van der Waals surface area contributed by atoms with Crippen molar-refractivity contribution in [3.8, 4) is 11.5 Å². The summed E-state index contributed by atoms with van der Waals surface area (Å²) < 4.78 is 58.9. The summed E-state index contributed by atoms with van der Waals surface area (Å²) in [7, 11) is 1.57. The van der Waals surface area contributed by atoms with Crippen molar-refractivity contribution in [3.05, 3.63) is 59.7 Å². The van der Waals surface area contributed by atoms with Crippen LogP contribution < -0.4 is 20.1 Å². The number of ether oxygens (including phenoxy) is 2. The van der Waals surface area contributed by atoms with E-state index in [0.29, 0.717) is 23.8 Å². The maximum absolute atomic E-state index is 12.5. The summed E-state index contributed by atoms with van der Waals surface area (Å²) in [5, 5.41) is 6.06. The largest absolute Gasteiger partial charge is 0.488 e. The molecular formula is C19H22F4IN3O2. The summed E-state index contributed by atoms with van der Waals surface area (Å²) in [4.78, 5) is 4.07. The van der Waals surface area contributed by atoms with Gasteiger partial charge in [-0.1, -0.05) is 30.3 Å². The Labute approximate surface area is 183 Å². The van der Waals surface area contributed by atoms with Crippen LogP contribution in [0.2, 0.25) is 0 Å². The Hall–Kier alpha value is -2.24. The van der Waals surface area contributed by atoms with Gasteiger partial charge in [0.25, 0.3) is 6.43 Å². The molecule has 0 unspecified atom stereocenters. The molecule has 0 bridgehead atoms. The fraction of sp³-hybridized carbons (Fsp3) is 0.316. The summed E-state index contributed by atoms with van der Waals surface area (Å²) in [6.07, 6.45) is -2.54. The number of guanidine groups is 1. The quantitative estimate of drug-likeness (QED) is 0.220. The number of nitrogens with one attached hydrogen (secondary N) is 2. The minimum atomic E-state index is -2.90. The number of nitrogens with zero attached hydrogens (tertiary/aromatic N) is 1. The Kier molecular flexibility index (Phi) is 11.2. The van der Waals surface area contributed by atoms with E-state index in [2.05, 4.69) is 20.4 Å². The number of para-hydroxylation sites is 1. The molecule has 10 heteroatoms. The van der Waals surface area contributed by atoms with Crippen LogP contribution in [-0.4, -0.2) is 32.7 Å². The lowest BCUT2D eigenvalue weighted by Crippen LogP contribution is -2.36. The zero-order valence-electron chi connectivity index (χ0n) is 15.6. The van der Waals surface area contributed by atoms with Gasteiger partial charge in [-0.05, 0) is 23.8 Å². The van der Waals surface area contributed by atoms with Crippen molar-refractivity contribution in [2.24, 2.45) is 4.99 Å². The molecule has 160 valence electrons. The van der Waals surface area contributed by atoms with Gasteiger partial charge in [-0.15, -0.1) is 24.0 Å². The lowest BCUT2D eigenvalue weighted by molar-refractivity contribution is -0.0504. The number of benzene rings is 2. The summed E-state index contributed by atoms with van der Waals surface area (Å²) in [5.41, 5.74) is 1.35. The summed E-state index contributed by atoms with van der Waals surface area (Å²) >= 11 is 0. The van der Waals surface area contributed by atoms with E-state index in [9.17, 15) is 17.6 Å². The first kappa shape index (κ1) is 24.8. The molecule has 0 aliphatic heterocycles. The van der Waals surface area contributed by atoms with Crippen molar-refractivity contribution >= 4 is 29.9 Å². The third-order valence-corrected chi connectivity index (χ3v) is 3.59. The average Bonchev–Trinajstić information content (AvgIpc) is 2.67. The summed E-state index contributed by atoms with van der Waals surface area (Å²) in [6.45, 7) is -2.99. The van der Waals surface area contributed by atoms with Crippen LogP contribution in [0.1, 0.15) is 11.1 Å². The number of hydrogen-bond acceptors (Lipinski definition) is 3. The molecule has 0 saturated heterocycles. The van der Waals surface area contributed by atoms with Crippen LogP contribution in [0, 0.1) is 0 Å². The van der Waals surface area contributed by atoms with Crippen LogP contribution in [0.3, 0.4) is 0 Å². The Morgan fingerprint density at radius 2 is 1.72 bits per heavy atom. The van der Waals surface area contributed by atoms with Crippen LogP contribution in [0.5, 0.6) is 11.5 Å². The van der Waals surface area contributed by atoms with Crippen molar-refractivity contribution in [1.29, 1.82) is 0 Å².